The van der Waals surface area contributed by atoms with Gasteiger partial charge in [0.05, 0.1) is 5.92 Å². The first-order chi connectivity index (χ1) is 11.3. The van der Waals surface area contributed by atoms with Crippen LogP contribution in [0.3, 0.4) is 0 Å². The predicted octanol–water partition coefficient (Wildman–Crippen LogP) is 5.00. The van der Waals surface area contributed by atoms with Crippen molar-refractivity contribution in [2.24, 2.45) is 5.92 Å². The fraction of sp³-hybridized carbons (Fsp3) is 0.944. The minimum Gasteiger partial charge on any atom is -0.518 e. The van der Waals surface area contributed by atoms with E-state index in [4.69, 9.17) is 17.7 Å². The molecule has 0 aliphatic heterocycles. The number of hydrogen-bond donors (Lipinski definition) is 0. The molecule has 7 heteroatoms. The molecule has 0 aromatic carbocycles. The third-order valence-electron chi connectivity index (χ3n) is 5.19. The van der Waals surface area contributed by atoms with Gasteiger partial charge >= 0.3 is 8.80 Å². The Kier molecular flexibility index (Phi) is 9.05. The SMILES string of the molecule is CCC[Si](OC(=O)C(C)C[Si](OC)(OC)OC)(C(C)(C)C)C(C)(C)C. The van der Waals surface area contributed by atoms with Crippen LogP contribution >= 0.6 is 0 Å². The first-order valence-corrected chi connectivity index (χ1v) is 13.2. The molecule has 150 valence electrons. The highest BCUT2D eigenvalue weighted by molar-refractivity contribution is 6.80. The molecule has 1 unspecified atom stereocenters. The van der Waals surface area contributed by atoms with Crippen molar-refractivity contribution in [3.05, 3.63) is 0 Å². The summed E-state index contributed by atoms with van der Waals surface area (Å²) in [7, 11) is -0.500. The van der Waals surface area contributed by atoms with E-state index in [1.807, 2.05) is 6.92 Å². The van der Waals surface area contributed by atoms with Crippen molar-refractivity contribution in [2.45, 2.75) is 84.0 Å². The van der Waals surface area contributed by atoms with E-state index in [0.717, 1.165) is 12.5 Å². The van der Waals surface area contributed by atoms with Gasteiger partial charge in [0.2, 0.25) is 0 Å². The molecule has 0 saturated heterocycles. The quantitative estimate of drug-likeness (QED) is 0.517. The summed E-state index contributed by atoms with van der Waals surface area (Å²) in [6.45, 7) is 17.3. The monoisotopic (exact) mass is 392 g/mol. The number of hydrogen-bond acceptors (Lipinski definition) is 5. The molecule has 0 amide bonds. The predicted molar refractivity (Wildman–Crippen MR) is 107 cm³/mol. The Morgan fingerprint density at radius 1 is 0.920 bits per heavy atom. The lowest BCUT2D eigenvalue weighted by atomic mass is 10.2. The second kappa shape index (κ2) is 9.12. The molecule has 0 aromatic heterocycles. The zero-order valence-electron chi connectivity index (χ0n) is 18.2. The Morgan fingerprint density at radius 3 is 1.60 bits per heavy atom. The number of rotatable bonds is 9. The highest BCUT2D eigenvalue weighted by Crippen LogP contribution is 2.54. The molecule has 0 bridgehead atoms. The molecule has 0 heterocycles. The van der Waals surface area contributed by atoms with Crippen LogP contribution in [-0.2, 0) is 22.5 Å². The van der Waals surface area contributed by atoms with Crippen LogP contribution in [0.2, 0.25) is 22.2 Å². The maximum absolute atomic E-state index is 13.0. The van der Waals surface area contributed by atoms with Crippen molar-refractivity contribution in [1.82, 2.24) is 0 Å². The molecule has 0 aliphatic rings. The standard InChI is InChI=1S/C18H40O5Si2/c1-12-13-24(17(3,4)5,18(6,7)8)23-16(19)15(2)14-25(20-9,21-10)22-11/h15H,12-14H2,1-11H3. The molecule has 5 nitrogen and oxygen atoms in total. The summed E-state index contributed by atoms with van der Waals surface area (Å²) in [6, 6.07) is 1.38. The lowest BCUT2D eigenvalue weighted by Crippen LogP contribution is -2.56. The van der Waals surface area contributed by atoms with Crippen molar-refractivity contribution in [1.29, 1.82) is 0 Å². The van der Waals surface area contributed by atoms with Crippen LogP contribution < -0.4 is 0 Å². The largest absolute Gasteiger partial charge is 0.518 e. The Bertz CT molecular complexity index is 400. The molecule has 0 aromatic rings. The van der Waals surface area contributed by atoms with Gasteiger partial charge in [-0.1, -0.05) is 61.8 Å². The second-order valence-electron chi connectivity index (χ2n) is 8.90. The smallest absolute Gasteiger partial charge is 0.501 e. The molecule has 0 spiro atoms. The average Bonchev–Trinajstić information content (AvgIpc) is 2.49. The Hall–Kier alpha value is -0.216. The van der Waals surface area contributed by atoms with Gasteiger partial charge in [0.15, 0.2) is 0 Å². The van der Waals surface area contributed by atoms with Crippen LogP contribution in [0.25, 0.3) is 0 Å². The van der Waals surface area contributed by atoms with Crippen molar-refractivity contribution in [3.63, 3.8) is 0 Å². The molecule has 0 aliphatic carbocycles. The lowest BCUT2D eigenvalue weighted by Gasteiger charge is -2.50. The van der Waals surface area contributed by atoms with Crippen LogP contribution in [0.4, 0.5) is 0 Å². The van der Waals surface area contributed by atoms with E-state index in [2.05, 4.69) is 48.5 Å². The third kappa shape index (κ3) is 5.63. The molecule has 0 rings (SSSR count). The molecule has 25 heavy (non-hydrogen) atoms. The Morgan fingerprint density at radius 2 is 1.32 bits per heavy atom. The minimum absolute atomic E-state index is 0.0467. The first kappa shape index (κ1) is 24.8. The molecular formula is C18H40O5Si2. The van der Waals surface area contributed by atoms with E-state index in [1.54, 1.807) is 21.3 Å². The lowest BCUT2D eigenvalue weighted by molar-refractivity contribution is -0.139. The highest BCUT2D eigenvalue weighted by Gasteiger charge is 2.57. The number of carbonyl (C=O) groups excluding carboxylic acids is 1. The van der Waals surface area contributed by atoms with Gasteiger partial charge in [-0.15, -0.1) is 0 Å². The molecule has 0 radical (unpaired) electrons. The molecule has 0 fully saturated rings. The van der Waals surface area contributed by atoms with E-state index in [1.165, 1.54) is 0 Å². The van der Waals surface area contributed by atoms with Gasteiger partial charge in [-0.3, -0.25) is 4.79 Å². The summed E-state index contributed by atoms with van der Waals surface area (Å²) in [5, 5.41) is -0.0934. The summed E-state index contributed by atoms with van der Waals surface area (Å²) in [4.78, 5) is 13.0. The summed E-state index contributed by atoms with van der Waals surface area (Å²) in [5.74, 6) is -0.493. The van der Waals surface area contributed by atoms with E-state index in [0.29, 0.717) is 6.04 Å². The van der Waals surface area contributed by atoms with Gasteiger partial charge in [0.1, 0.15) is 0 Å². The van der Waals surface area contributed by atoms with Gasteiger partial charge in [-0.2, -0.15) is 0 Å². The van der Waals surface area contributed by atoms with E-state index >= 15 is 0 Å². The summed E-state index contributed by atoms with van der Waals surface area (Å²) >= 11 is 0. The van der Waals surface area contributed by atoms with Crippen LogP contribution in [-0.4, -0.2) is 44.4 Å². The number of carbonyl (C=O) groups is 1. The maximum atomic E-state index is 13.0. The van der Waals surface area contributed by atoms with Gasteiger partial charge in [-0.25, -0.2) is 0 Å². The summed E-state index contributed by atoms with van der Waals surface area (Å²) in [5.41, 5.74) is 0. The maximum Gasteiger partial charge on any atom is 0.501 e. The summed E-state index contributed by atoms with van der Waals surface area (Å²) < 4.78 is 22.8. The van der Waals surface area contributed by atoms with Crippen molar-refractivity contribution in [3.8, 4) is 0 Å². The van der Waals surface area contributed by atoms with Crippen LogP contribution in [0.5, 0.6) is 0 Å². The highest BCUT2D eigenvalue weighted by atomic mass is 28.4. The second-order valence-corrected chi connectivity index (χ2v) is 17.3. The van der Waals surface area contributed by atoms with Gasteiger partial charge in [0, 0.05) is 27.4 Å². The van der Waals surface area contributed by atoms with Gasteiger partial charge in [0.25, 0.3) is 14.3 Å². The van der Waals surface area contributed by atoms with Crippen LogP contribution in [0.1, 0.15) is 61.8 Å². The summed E-state index contributed by atoms with van der Waals surface area (Å²) in [6.07, 6.45) is 1.01. The normalized spacial score (nSPS) is 15.2. The van der Waals surface area contributed by atoms with E-state index in [-0.39, 0.29) is 22.0 Å². The fourth-order valence-corrected chi connectivity index (χ4v) is 11.4. The zero-order chi connectivity index (χ0) is 20.1. The van der Waals surface area contributed by atoms with Crippen molar-refractivity contribution < 1.29 is 22.5 Å². The van der Waals surface area contributed by atoms with Gasteiger partial charge in [-0.05, 0) is 16.1 Å². The molecule has 0 saturated carbocycles. The van der Waals surface area contributed by atoms with E-state index < -0.39 is 17.1 Å². The van der Waals surface area contributed by atoms with Crippen LogP contribution in [0, 0.1) is 5.92 Å². The first-order valence-electron chi connectivity index (χ1n) is 9.14. The van der Waals surface area contributed by atoms with Crippen molar-refractivity contribution in [2.75, 3.05) is 21.3 Å². The zero-order valence-corrected chi connectivity index (χ0v) is 20.2. The Labute approximate surface area is 157 Å². The third-order valence-corrected chi connectivity index (χ3v) is 14.8. The molecular weight excluding hydrogens is 352 g/mol. The van der Waals surface area contributed by atoms with Crippen molar-refractivity contribution >= 4 is 23.1 Å². The van der Waals surface area contributed by atoms with E-state index in [9.17, 15) is 4.79 Å². The minimum atomic E-state index is -2.81. The topological polar surface area (TPSA) is 54.0 Å². The Balaban J connectivity index is 5.61. The van der Waals surface area contributed by atoms with Crippen LogP contribution in [0.15, 0.2) is 0 Å². The average molecular weight is 393 g/mol. The molecule has 1 atom stereocenters. The van der Waals surface area contributed by atoms with Gasteiger partial charge < -0.3 is 17.7 Å². The molecule has 0 N–H and O–H groups in total. The fourth-order valence-electron chi connectivity index (χ4n) is 3.81.